The van der Waals surface area contributed by atoms with Crippen LogP contribution >= 0.6 is 23.8 Å². The van der Waals surface area contributed by atoms with Crippen LogP contribution in [0.4, 0.5) is 5.69 Å². The number of anilines is 1. The Balaban J connectivity index is 1.60. The summed E-state index contributed by atoms with van der Waals surface area (Å²) < 4.78 is 11.7. The quantitative estimate of drug-likeness (QED) is 0.831. The molecule has 0 unspecified atom stereocenters. The number of thiocarbonyl (C=S) groups is 1. The summed E-state index contributed by atoms with van der Waals surface area (Å²) in [6.07, 6.45) is -0.0786. The number of para-hydroxylation sites is 2. The lowest BCUT2D eigenvalue weighted by molar-refractivity contribution is 0.0784. The van der Waals surface area contributed by atoms with Gasteiger partial charge in [-0.2, -0.15) is 0 Å². The van der Waals surface area contributed by atoms with E-state index in [1.807, 2.05) is 61.3 Å². The molecule has 0 spiro atoms. The first-order valence-corrected chi connectivity index (χ1v) is 8.49. The van der Waals surface area contributed by atoms with E-state index in [1.165, 1.54) is 0 Å². The number of likely N-dealkylation sites (N-methyl/N-ethyl adjacent to an activating group) is 1. The fraction of sp³-hybridized carbons (Fsp3) is 0.278. The number of rotatable bonds is 3. The van der Waals surface area contributed by atoms with Crippen molar-refractivity contribution in [2.75, 3.05) is 25.5 Å². The highest BCUT2D eigenvalue weighted by Crippen LogP contribution is 2.31. The van der Waals surface area contributed by atoms with Crippen molar-refractivity contribution in [1.29, 1.82) is 0 Å². The molecule has 2 aromatic rings. The van der Waals surface area contributed by atoms with E-state index in [4.69, 9.17) is 33.3 Å². The summed E-state index contributed by atoms with van der Waals surface area (Å²) in [4.78, 5) is 1.94. The summed E-state index contributed by atoms with van der Waals surface area (Å²) in [5.74, 6) is 1.55. The van der Waals surface area contributed by atoms with Crippen molar-refractivity contribution in [3.63, 3.8) is 0 Å². The third-order valence-corrected chi connectivity index (χ3v) is 4.72. The zero-order valence-electron chi connectivity index (χ0n) is 13.6. The third-order valence-electron chi connectivity index (χ3n) is 3.90. The number of halogens is 1. The zero-order valence-corrected chi connectivity index (χ0v) is 15.2. The number of ether oxygens (including phenoxy) is 2. The number of nitrogens with one attached hydrogen (secondary N) is 1. The molecule has 1 aliphatic heterocycles. The molecule has 3 rings (SSSR count). The first-order valence-electron chi connectivity index (χ1n) is 7.70. The van der Waals surface area contributed by atoms with Crippen LogP contribution in [-0.2, 0) is 0 Å². The number of fused-ring (bicyclic) bond motifs is 1. The molecule has 0 saturated heterocycles. The standard InChI is InChI=1S/C18H19ClN2O2S/c1-12-14(19)6-5-7-15(12)20-18(24)21(2)10-13-11-22-16-8-3-4-9-17(16)23-13/h3-9,13H,10-11H2,1-2H3,(H,20,24)/t13-/m1/s1. The number of hydrogen-bond acceptors (Lipinski definition) is 3. The smallest absolute Gasteiger partial charge is 0.173 e. The SMILES string of the molecule is Cc1c(Cl)cccc1NC(=S)N(C)C[C@@H]1COc2ccccc2O1. The van der Waals surface area contributed by atoms with Gasteiger partial charge in [-0.15, -0.1) is 0 Å². The van der Waals surface area contributed by atoms with Crippen LogP contribution in [-0.4, -0.2) is 36.3 Å². The van der Waals surface area contributed by atoms with Gasteiger partial charge in [0.15, 0.2) is 22.7 Å². The van der Waals surface area contributed by atoms with Crippen molar-refractivity contribution in [2.45, 2.75) is 13.0 Å². The van der Waals surface area contributed by atoms with E-state index in [2.05, 4.69) is 5.32 Å². The van der Waals surface area contributed by atoms with Crippen LogP contribution in [0.1, 0.15) is 5.56 Å². The Hall–Kier alpha value is -1.98. The van der Waals surface area contributed by atoms with Gasteiger partial charge in [-0.3, -0.25) is 0 Å². The van der Waals surface area contributed by atoms with E-state index in [9.17, 15) is 0 Å². The van der Waals surface area contributed by atoms with Gasteiger partial charge in [0.1, 0.15) is 6.61 Å². The molecule has 0 saturated carbocycles. The van der Waals surface area contributed by atoms with Gasteiger partial charge in [0, 0.05) is 17.8 Å². The number of benzene rings is 2. The van der Waals surface area contributed by atoms with Crippen LogP contribution in [0.25, 0.3) is 0 Å². The van der Waals surface area contributed by atoms with Crippen molar-refractivity contribution in [2.24, 2.45) is 0 Å². The molecular formula is C18H19ClN2O2S. The van der Waals surface area contributed by atoms with Crippen molar-refractivity contribution in [3.8, 4) is 11.5 Å². The van der Waals surface area contributed by atoms with E-state index in [0.29, 0.717) is 23.3 Å². The first kappa shape index (κ1) is 16.9. The van der Waals surface area contributed by atoms with Gasteiger partial charge in [-0.1, -0.05) is 29.8 Å². The van der Waals surface area contributed by atoms with Crippen molar-refractivity contribution >= 4 is 34.6 Å². The summed E-state index contributed by atoms with van der Waals surface area (Å²) in [6, 6.07) is 13.4. The largest absolute Gasteiger partial charge is 0.486 e. The summed E-state index contributed by atoms with van der Waals surface area (Å²) in [5.41, 5.74) is 1.88. The topological polar surface area (TPSA) is 33.7 Å². The van der Waals surface area contributed by atoms with E-state index >= 15 is 0 Å². The Morgan fingerprint density at radius 3 is 2.79 bits per heavy atom. The fourth-order valence-electron chi connectivity index (χ4n) is 2.49. The molecule has 4 nitrogen and oxygen atoms in total. The van der Waals surface area contributed by atoms with Crippen LogP contribution in [0, 0.1) is 6.92 Å². The molecule has 1 atom stereocenters. The van der Waals surface area contributed by atoms with E-state index in [-0.39, 0.29) is 6.10 Å². The summed E-state index contributed by atoms with van der Waals surface area (Å²) in [7, 11) is 1.93. The molecule has 2 aromatic carbocycles. The summed E-state index contributed by atoms with van der Waals surface area (Å²) in [5, 5.41) is 4.56. The number of nitrogens with zero attached hydrogens (tertiary/aromatic N) is 1. The maximum absolute atomic E-state index is 6.15. The Labute approximate surface area is 152 Å². The third kappa shape index (κ3) is 3.74. The predicted molar refractivity (Wildman–Crippen MR) is 101 cm³/mol. The maximum atomic E-state index is 6.15. The molecule has 1 heterocycles. The molecule has 1 aliphatic rings. The maximum Gasteiger partial charge on any atom is 0.173 e. The van der Waals surface area contributed by atoms with E-state index in [0.717, 1.165) is 22.7 Å². The molecule has 0 aliphatic carbocycles. The van der Waals surface area contributed by atoms with Crippen LogP contribution in [0.15, 0.2) is 42.5 Å². The minimum Gasteiger partial charge on any atom is -0.486 e. The second kappa shape index (κ2) is 7.28. The highest BCUT2D eigenvalue weighted by atomic mass is 35.5. The van der Waals surface area contributed by atoms with Gasteiger partial charge < -0.3 is 19.7 Å². The molecule has 126 valence electrons. The molecular weight excluding hydrogens is 344 g/mol. The molecule has 0 radical (unpaired) electrons. The minimum absolute atomic E-state index is 0.0786. The van der Waals surface area contributed by atoms with Gasteiger partial charge in [-0.05, 0) is 49.0 Å². The van der Waals surface area contributed by atoms with Gasteiger partial charge in [0.05, 0.1) is 6.54 Å². The fourth-order valence-corrected chi connectivity index (χ4v) is 2.85. The molecule has 0 fully saturated rings. The second-order valence-electron chi connectivity index (χ2n) is 5.72. The highest BCUT2D eigenvalue weighted by molar-refractivity contribution is 7.80. The average Bonchev–Trinajstić information content (AvgIpc) is 2.58. The van der Waals surface area contributed by atoms with Gasteiger partial charge in [-0.25, -0.2) is 0 Å². The Bertz CT molecular complexity index is 754. The van der Waals surface area contributed by atoms with Gasteiger partial charge in [0.25, 0.3) is 0 Å². The normalized spacial score (nSPS) is 15.7. The summed E-state index contributed by atoms with van der Waals surface area (Å²) in [6.45, 7) is 3.09. The van der Waals surface area contributed by atoms with Crippen molar-refractivity contribution in [1.82, 2.24) is 4.90 Å². The second-order valence-corrected chi connectivity index (χ2v) is 6.51. The molecule has 0 aromatic heterocycles. The van der Waals surface area contributed by atoms with Crippen LogP contribution in [0.3, 0.4) is 0 Å². The minimum atomic E-state index is -0.0786. The number of hydrogen-bond donors (Lipinski definition) is 1. The first-order chi connectivity index (χ1) is 11.5. The van der Waals surface area contributed by atoms with E-state index in [1.54, 1.807) is 0 Å². The van der Waals surface area contributed by atoms with Crippen LogP contribution < -0.4 is 14.8 Å². The average molecular weight is 363 g/mol. The molecule has 6 heteroatoms. The zero-order chi connectivity index (χ0) is 17.1. The van der Waals surface area contributed by atoms with Crippen LogP contribution in [0.5, 0.6) is 11.5 Å². The lowest BCUT2D eigenvalue weighted by Crippen LogP contribution is -2.43. The Kier molecular flexibility index (Phi) is 5.11. The molecule has 1 N–H and O–H groups in total. The molecule has 0 amide bonds. The van der Waals surface area contributed by atoms with Gasteiger partial charge in [0.2, 0.25) is 0 Å². The van der Waals surface area contributed by atoms with Crippen molar-refractivity contribution < 1.29 is 9.47 Å². The Morgan fingerprint density at radius 1 is 1.25 bits per heavy atom. The summed E-state index contributed by atoms with van der Waals surface area (Å²) >= 11 is 11.6. The van der Waals surface area contributed by atoms with Crippen LogP contribution in [0.2, 0.25) is 5.02 Å². The van der Waals surface area contributed by atoms with Gasteiger partial charge >= 0.3 is 0 Å². The lowest BCUT2D eigenvalue weighted by Gasteiger charge is -2.30. The predicted octanol–water partition coefficient (Wildman–Crippen LogP) is 4.12. The molecule has 24 heavy (non-hydrogen) atoms. The highest BCUT2D eigenvalue weighted by Gasteiger charge is 2.22. The van der Waals surface area contributed by atoms with E-state index < -0.39 is 0 Å². The monoisotopic (exact) mass is 362 g/mol. The lowest BCUT2D eigenvalue weighted by atomic mass is 10.2. The Morgan fingerprint density at radius 2 is 2.00 bits per heavy atom. The molecule has 0 bridgehead atoms. The van der Waals surface area contributed by atoms with Crippen molar-refractivity contribution in [3.05, 3.63) is 53.1 Å².